The molecule has 1 saturated carbocycles. The lowest BCUT2D eigenvalue weighted by Gasteiger charge is -2.23. The fourth-order valence-corrected chi connectivity index (χ4v) is 3.87. The summed E-state index contributed by atoms with van der Waals surface area (Å²) < 4.78 is 1.26. The average Bonchev–Trinajstić information content (AvgIpc) is 3.32. The number of carbonyl (C=O) groups is 1. The number of carbonyl (C=O) groups excluding carboxylic acids is 1. The number of hydrogen-bond acceptors (Lipinski definition) is 4. The maximum Gasteiger partial charge on any atom is 0.235 e. The van der Waals surface area contributed by atoms with E-state index >= 15 is 0 Å². The van der Waals surface area contributed by atoms with Gasteiger partial charge in [0, 0.05) is 15.6 Å². The molecule has 5 heteroatoms. The minimum Gasteiger partial charge on any atom is -0.337 e. The lowest BCUT2D eigenvalue weighted by molar-refractivity contribution is -0.121. The van der Waals surface area contributed by atoms with Gasteiger partial charge in [0.05, 0.1) is 12.6 Å². The summed E-state index contributed by atoms with van der Waals surface area (Å²) >= 11 is 1.74. The fourth-order valence-electron chi connectivity index (χ4n) is 2.78. The number of thiophene rings is 1. The van der Waals surface area contributed by atoms with Gasteiger partial charge in [0.15, 0.2) is 0 Å². The molecule has 0 saturated heterocycles. The van der Waals surface area contributed by atoms with Gasteiger partial charge in [0.2, 0.25) is 5.91 Å². The third-order valence-corrected chi connectivity index (χ3v) is 5.76. The van der Waals surface area contributed by atoms with Crippen molar-refractivity contribution in [2.24, 2.45) is 5.92 Å². The summed E-state index contributed by atoms with van der Waals surface area (Å²) in [6.45, 7) is 4.10. The van der Waals surface area contributed by atoms with Crippen LogP contribution in [0.25, 0.3) is 10.1 Å². The number of nitriles is 1. The molecule has 0 bridgehead atoms. The third-order valence-electron chi connectivity index (χ3n) is 4.47. The Morgan fingerprint density at radius 2 is 2.22 bits per heavy atom. The van der Waals surface area contributed by atoms with Crippen molar-refractivity contribution in [3.05, 3.63) is 35.2 Å². The molecule has 1 amide bonds. The van der Waals surface area contributed by atoms with Gasteiger partial charge in [-0.05, 0) is 50.1 Å². The number of nitrogens with one attached hydrogen (secondary N) is 2. The molecule has 4 nitrogen and oxygen atoms in total. The van der Waals surface area contributed by atoms with Gasteiger partial charge < -0.3 is 10.6 Å². The Bertz CT molecular complexity index is 726. The Morgan fingerprint density at radius 3 is 2.87 bits per heavy atom. The molecule has 1 fully saturated rings. The van der Waals surface area contributed by atoms with E-state index in [1.165, 1.54) is 15.0 Å². The van der Waals surface area contributed by atoms with E-state index in [0.717, 1.165) is 12.8 Å². The fraction of sp³-hybridized carbons (Fsp3) is 0.444. The summed E-state index contributed by atoms with van der Waals surface area (Å²) in [5, 5.41) is 16.7. The van der Waals surface area contributed by atoms with Crippen LogP contribution in [0.5, 0.6) is 0 Å². The SMILES string of the molecule is C[C@H](NCC(=O)N[C@@](C)(C#N)C1CC1)c1cc2ccccc2s1. The molecule has 0 spiro atoms. The maximum atomic E-state index is 12.1. The Morgan fingerprint density at radius 1 is 1.48 bits per heavy atom. The van der Waals surface area contributed by atoms with Gasteiger partial charge in [-0.1, -0.05) is 18.2 Å². The molecule has 23 heavy (non-hydrogen) atoms. The Kier molecular flexibility index (Phi) is 4.38. The zero-order valence-electron chi connectivity index (χ0n) is 13.4. The van der Waals surface area contributed by atoms with E-state index in [1.807, 2.05) is 19.1 Å². The highest BCUT2D eigenvalue weighted by Gasteiger charge is 2.42. The molecule has 3 rings (SSSR count). The second-order valence-electron chi connectivity index (χ2n) is 6.43. The number of amides is 1. The normalized spacial score (nSPS) is 18.1. The topological polar surface area (TPSA) is 64.9 Å². The van der Waals surface area contributed by atoms with Crippen LogP contribution in [0.2, 0.25) is 0 Å². The molecule has 120 valence electrons. The quantitative estimate of drug-likeness (QED) is 0.855. The van der Waals surface area contributed by atoms with E-state index in [1.54, 1.807) is 11.3 Å². The van der Waals surface area contributed by atoms with Crippen molar-refractivity contribution in [2.75, 3.05) is 6.54 Å². The molecule has 2 atom stereocenters. The monoisotopic (exact) mass is 327 g/mol. The molecule has 2 N–H and O–H groups in total. The van der Waals surface area contributed by atoms with E-state index in [9.17, 15) is 10.1 Å². The number of rotatable bonds is 6. The zero-order valence-corrected chi connectivity index (χ0v) is 14.2. The Hall–Kier alpha value is -1.90. The van der Waals surface area contributed by atoms with Crippen LogP contribution in [-0.4, -0.2) is 18.0 Å². The Balaban J connectivity index is 1.57. The summed E-state index contributed by atoms with van der Waals surface area (Å²) in [5.41, 5.74) is -0.723. The van der Waals surface area contributed by atoms with E-state index in [4.69, 9.17) is 0 Å². The van der Waals surface area contributed by atoms with Gasteiger partial charge in [0.1, 0.15) is 5.54 Å². The maximum absolute atomic E-state index is 12.1. The number of hydrogen-bond donors (Lipinski definition) is 2. The predicted octanol–water partition coefficient (Wildman–Crippen LogP) is 3.36. The van der Waals surface area contributed by atoms with Crippen LogP contribution < -0.4 is 10.6 Å². The van der Waals surface area contributed by atoms with Crippen LogP contribution in [0.15, 0.2) is 30.3 Å². The predicted molar refractivity (Wildman–Crippen MR) is 93.1 cm³/mol. The van der Waals surface area contributed by atoms with Crippen LogP contribution >= 0.6 is 11.3 Å². The van der Waals surface area contributed by atoms with Crippen LogP contribution in [0.1, 0.15) is 37.6 Å². The molecule has 2 aromatic rings. The van der Waals surface area contributed by atoms with Crippen LogP contribution in [0.3, 0.4) is 0 Å². The summed E-state index contributed by atoms with van der Waals surface area (Å²) in [6.07, 6.45) is 2.05. The first-order valence-electron chi connectivity index (χ1n) is 7.96. The van der Waals surface area contributed by atoms with Crippen LogP contribution in [0.4, 0.5) is 0 Å². The third kappa shape index (κ3) is 3.54. The Labute approximate surface area is 140 Å². The molecule has 1 aromatic carbocycles. The molecule has 1 aliphatic rings. The minimum absolute atomic E-state index is 0.104. The lowest BCUT2D eigenvalue weighted by atomic mass is 9.98. The molecule has 0 unspecified atom stereocenters. The van der Waals surface area contributed by atoms with Crippen molar-refractivity contribution in [2.45, 2.75) is 38.3 Å². The van der Waals surface area contributed by atoms with Gasteiger partial charge in [-0.25, -0.2) is 0 Å². The van der Waals surface area contributed by atoms with Gasteiger partial charge in [0.25, 0.3) is 0 Å². The van der Waals surface area contributed by atoms with Crippen LogP contribution in [-0.2, 0) is 4.79 Å². The molecule has 0 aliphatic heterocycles. The van der Waals surface area contributed by atoms with Crippen molar-refractivity contribution in [3.8, 4) is 6.07 Å². The second kappa shape index (κ2) is 6.31. The lowest BCUT2D eigenvalue weighted by Crippen LogP contribution is -2.49. The van der Waals surface area contributed by atoms with E-state index < -0.39 is 5.54 Å². The first kappa shape index (κ1) is 16.0. The highest BCUT2D eigenvalue weighted by atomic mass is 32.1. The number of nitrogens with zero attached hydrogens (tertiary/aromatic N) is 1. The van der Waals surface area contributed by atoms with Crippen molar-refractivity contribution in [1.82, 2.24) is 10.6 Å². The zero-order chi connectivity index (χ0) is 16.4. The van der Waals surface area contributed by atoms with E-state index in [0.29, 0.717) is 5.92 Å². The summed E-state index contributed by atoms with van der Waals surface area (Å²) in [5.74, 6) is 0.186. The first-order chi connectivity index (χ1) is 11.0. The highest BCUT2D eigenvalue weighted by Crippen LogP contribution is 2.39. The number of fused-ring (bicyclic) bond motifs is 1. The molecule has 1 heterocycles. The van der Waals surface area contributed by atoms with Crippen molar-refractivity contribution >= 4 is 27.3 Å². The van der Waals surface area contributed by atoms with Crippen LogP contribution in [0, 0.1) is 17.2 Å². The van der Waals surface area contributed by atoms with Gasteiger partial charge in [-0.3, -0.25) is 4.79 Å². The van der Waals surface area contributed by atoms with Gasteiger partial charge >= 0.3 is 0 Å². The summed E-state index contributed by atoms with van der Waals surface area (Å²) in [7, 11) is 0. The molecular formula is C18H21N3OS. The van der Waals surface area contributed by atoms with Crippen molar-refractivity contribution < 1.29 is 4.79 Å². The summed E-state index contributed by atoms with van der Waals surface area (Å²) in [6, 6.07) is 12.8. The highest BCUT2D eigenvalue weighted by molar-refractivity contribution is 7.19. The average molecular weight is 327 g/mol. The first-order valence-corrected chi connectivity index (χ1v) is 8.77. The van der Waals surface area contributed by atoms with Gasteiger partial charge in [-0.2, -0.15) is 5.26 Å². The smallest absolute Gasteiger partial charge is 0.235 e. The van der Waals surface area contributed by atoms with Gasteiger partial charge in [-0.15, -0.1) is 11.3 Å². The molecule has 1 aliphatic carbocycles. The minimum atomic E-state index is -0.723. The summed E-state index contributed by atoms with van der Waals surface area (Å²) in [4.78, 5) is 13.3. The number of benzene rings is 1. The largest absolute Gasteiger partial charge is 0.337 e. The van der Waals surface area contributed by atoms with E-state index in [-0.39, 0.29) is 18.5 Å². The standard InChI is InChI=1S/C18H21N3OS/c1-12(16-9-13-5-3-4-6-15(13)23-16)20-10-17(22)21-18(2,11-19)14-7-8-14/h3-6,9,12,14,20H,7-8,10H2,1-2H3,(H,21,22)/t12-,18-/m0/s1. The van der Waals surface area contributed by atoms with E-state index in [2.05, 4.69) is 41.8 Å². The molecule has 0 radical (unpaired) electrons. The molecular weight excluding hydrogens is 306 g/mol. The van der Waals surface area contributed by atoms with Crippen molar-refractivity contribution in [1.29, 1.82) is 5.26 Å². The van der Waals surface area contributed by atoms with Crippen molar-refractivity contribution in [3.63, 3.8) is 0 Å². The molecule has 1 aromatic heterocycles. The second-order valence-corrected chi connectivity index (χ2v) is 7.54.